The summed E-state index contributed by atoms with van der Waals surface area (Å²) in [4.78, 5) is 0. The first kappa shape index (κ1) is 22.3. The minimum atomic E-state index is -1.42. The van der Waals surface area contributed by atoms with E-state index in [4.69, 9.17) is 4.74 Å². The van der Waals surface area contributed by atoms with Crippen LogP contribution in [0, 0.1) is 28.6 Å². The highest BCUT2D eigenvalue weighted by atomic mass is 16.6. The SMILES string of the molecule is CCC1=CC[C@H]2C3=CC=C4C[C@](O)(OC[C@H](O)C(C)C)C[C@H](O)[C@]4(C)[C@H]3CC[C@]12C. The third-order valence-corrected chi connectivity index (χ3v) is 9.10. The average Bonchev–Trinajstić information content (AvgIpc) is 3.03. The summed E-state index contributed by atoms with van der Waals surface area (Å²) < 4.78 is 5.78. The van der Waals surface area contributed by atoms with Gasteiger partial charge in [-0.2, -0.15) is 0 Å². The lowest BCUT2D eigenvalue weighted by molar-refractivity contribution is -0.252. The number of hydrogen-bond acceptors (Lipinski definition) is 4. The third kappa shape index (κ3) is 3.26. The smallest absolute Gasteiger partial charge is 0.171 e. The zero-order valence-electron chi connectivity index (χ0n) is 19.3. The molecule has 0 radical (unpaired) electrons. The van der Waals surface area contributed by atoms with Crippen molar-refractivity contribution in [3.05, 3.63) is 34.9 Å². The van der Waals surface area contributed by atoms with Crippen LogP contribution in [0.15, 0.2) is 34.9 Å². The molecule has 0 amide bonds. The van der Waals surface area contributed by atoms with E-state index in [9.17, 15) is 15.3 Å². The first-order chi connectivity index (χ1) is 14.0. The Balaban J connectivity index is 1.60. The number of hydrogen-bond donors (Lipinski definition) is 3. The Hall–Kier alpha value is -0.940. The van der Waals surface area contributed by atoms with Crippen LogP contribution in [-0.2, 0) is 4.74 Å². The molecule has 2 saturated carbocycles. The van der Waals surface area contributed by atoms with E-state index < -0.39 is 18.0 Å². The molecule has 168 valence electrons. The minimum Gasteiger partial charge on any atom is -0.392 e. The van der Waals surface area contributed by atoms with Crippen LogP contribution in [0.1, 0.15) is 73.1 Å². The van der Waals surface area contributed by atoms with Crippen LogP contribution < -0.4 is 0 Å². The minimum absolute atomic E-state index is 0.0661. The van der Waals surface area contributed by atoms with Crippen LogP contribution in [0.3, 0.4) is 0 Å². The van der Waals surface area contributed by atoms with Gasteiger partial charge in [-0.3, -0.25) is 0 Å². The Morgan fingerprint density at radius 2 is 1.93 bits per heavy atom. The summed E-state index contributed by atoms with van der Waals surface area (Å²) in [6, 6.07) is 0. The summed E-state index contributed by atoms with van der Waals surface area (Å²) in [6.45, 7) is 10.8. The second kappa shape index (κ2) is 7.58. The quantitative estimate of drug-likeness (QED) is 0.456. The Morgan fingerprint density at radius 3 is 2.60 bits per heavy atom. The molecule has 0 saturated heterocycles. The van der Waals surface area contributed by atoms with E-state index in [2.05, 4.69) is 39.0 Å². The van der Waals surface area contributed by atoms with Crippen molar-refractivity contribution < 1.29 is 20.1 Å². The third-order valence-electron chi connectivity index (χ3n) is 9.10. The largest absolute Gasteiger partial charge is 0.392 e. The molecule has 0 aromatic rings. The van der Waals surface area contributed by atoms with Gasteiger partial charge in [0, 0.05) is 18.3 Å². The highest BCUT2D eigenvalue weighted by Gasteiger charge is 2.58. The van der Waals surface area contributed by atoms with E-state index >= 15 is 0 Å². The molecule has 0 unspecified atom stereocenters. The molecule has 0 bridgehead atoms. The fraction of sp³-hybridized carbons (Fsp3) is 0.769. The van der Waals surface area contributed by atoms with E-state index in [1.165, 1.54) is 5.57 Å². The lowest BCUT2D eigenvalue weighted by atomic mass is 9.49. The van der Waals surface area contributed by atoms with Gasteiger partial charge in [0.15, 0.2) is 5.79 Å². The maximum absolute atomic E-state index is 11.3. The van der Waals surface area contributed by atoms with Gasteiger partial charge in [-0.1, -0.05) is 69.6 Å². The molecule has 3 N–H and O–H groups in total. The molecule has 4 nitrogen and oxygen atoms in total. The van der Waals surface area contributed by atoms with Crippen molar-refractivity contribution in [3.63, 3.8) is 0 Å². The van der Waals surface area contributed by atoms with Crippen LogP contribution in [0.25, 0.3) is 0 Å². The molecule has 7 atom stereocenters. The number of aliphatic hydroxyl groups is 3. The van der Waals surface area contributed by atoms with E-state index in [0.29, 0.717) is 18.3 Å². The summed E-state index contributed by atoms with van der Waals surface area (Å²) in [6.07, 6.45) is 10.7. The van der Waals surface area contributed by atoms with Gasteiger partial charge in [0.05, 0.1) is 18.8 Å². The van der Waals surface area contributed by atoms with Crippen molar-refractivity contribution in [2.24, 2.45) is 28.6 Å². The van der Waals surface area contributed by atoms with E-state index in [0.717, 1.165) is 31.3 Å². The lowest BCUT2D eigenvalue weighted by Crippen LogP contribution is -2.56. The molecule has 4 aliphatic rings. The molecule has 0 aromatic carbocycles. The number of fused-ring (bicyclic) bond motifs is 5. The van der Waals surface area contributed by atoms with Crippen molar-refractivity contribution in [1.29, 1.82) is 0 Å². The fourth-order valence-corrected chi connectivity index (χ4v) is 6.82. The summed E-state index contributed by atoms with van der Waals surface area (Å²) in [7, 11) is 0. The molecule has 30 heavy (non-hydrogen) atoms. The fourth-order valence-electron chi connectivity index (χ4n) is 6.82. The Morgan fingerprint density at radius 1 is 1.20 bits per heavy atom. The highest BCUT2D eigenvalue weighted by molar-refractivity contribution is 5.43. The van der Waals surface area contributed by atoms with Gasteiger partial charge in [-0.05, 0) is 48.9 Å². The standard InChI is InChI=1S/C26H40O4/c1-6-17-8-10-20-19-9-7-18-13-26(29,30-15-22(27)16(2)3)14-23(28)25(18,5)21(19)11-12-24(17,20)4/h7-9,16,20-23,27-29H,6,10-15H2,1-5H3/t20-,21-,22-,23-,24+,25-,26-/m0/s1. The van der Waals surface area contributed by atoms with Gasteiger partial charge >= 0.3 is 0 Å². The molecule has 0 aliphatic heterocycles. The van der Waals surface area contributed by atoms with Crippen molar-refractivity contribution in [2.45, 2.75) is 91.1 Å². The van der Waals surface area contributed by atoms with Crippen molar-refractivity contribution in [2.75, 3.05) is 6.61 Å². The molecule has 4 rings (SSSR count). The Labute approximate surface area is 181 Å². The molecule has 4 aliphatic carbocycles. The first-order valence-electron chi connectivity index (χ1n) is 11.9. The maximum atomic E-state index is 11.3. The van der Waals surface area contributed by atoms with Crippen molar-refractivity contribution in [1.82, 2.24) is 0 Å². The summed E-state index contributed by atoms with van der Waals surface area (Å²) in [5.74, 6) is -0.497. The summed E-state index contributed by atoms with van der Waals surface area (Å²) in [5, 5.41) is 32.5. The maximum Gasteiger partial charge on any atom is 0.171 e. The summed E-state index contributed by atoms with van der Waals surface area (Å²) >= 11 is 0. The number of ether oxygens (including phenoxy) is 1. The number of allylic oxidation sites excluding steroid dienone is 5. The topological polar surface area (TPSA) is 69.9 Å². The molecule has 0 spiro atoms. The second-order valence-corrected chi connectivity index (χ2v) is 11.0. The van der Waals surface area contributed by atoms with Crippen molar-refractivity contribution >= 4 is 0 Å². The molecule has 0 aromatic heterocycles. The van der Waals surface area contributed by atoms with Crippen LogP contribution >= 0.6 is 0 Å². The molecule has 2 fully saturated rings. The van der Waals surface area contributed by atoms with Crippen LogP contribution in [0.4, 0.5) is 0 Å². The monoisotopic (exact) mass is 416 g/mol. The predicted octanol–water partition coefficient (Wildman–Crippen LogP) is 4.51. The molecular weight excluding hydrogens is 376 g/mol. The van der Waals surface area contributed by atoms with E-state index in [-0.39, 0.29) is 29.8 Å². The zero-order valence-corrected chi connectivity index (χ0v) is 19.3. The number of aliphatic hydroxyl groups excluding tert-OH is 2. The van der Waals surface area contributed by atoms with Crippen LogP contribution in [-0.4, -0.2) is 39.9 Å². The van der Waals surface area contributed by atoms with Crippen molar-refractivity contribution in [3.8, 4) is 0 Å². The van der Waals surface area contributed by atoms with Gasteiger partial charge in [-0.15, -0.1) is 0 Å². The first-order valence-corrected chi connectivity index (χ1v) is 11.9. The average molecular weight is 417 g/mol. The van der Waals surface area contributed by atoms with E-state index in [1.54, 1.807) is 5.57 Å². The van der Waals surface area contributed by atoms with Gasteiger partial charge in [-0.25, -0.2) is 0 Å². The zero-order chi connectivity index (χ0) is 21.9. The number of rotatable bonds is 5. The van der Waals surface area contributed by atoms with E-state index in [1.807, 2.05) is 13.8 Å². The van der Waals surface area contributed by atoms with Gasteiger partial charge in [0.25, 0.3) is 0 Å². The second-order valence-electron chi connectivity index (χ2n) is 11.0. The van der Waals surface area contributed by atoms with Gasteiger partial charge in [0.1, 0.15) is 0 Å². The van der Waals surface area contributed by atoms with Gasteiger partial charge in [0.2, 0.25) is 0 Å². The summed E-state index contributed by atoms with van der Waals surface area (Å²) in [5.41, 5.74) is 4.08. The Bertz CT molecular complexity index is 780. The van der Waals surface area contributed by atoms with Crippen LogP contribution in [0.2, 0.25) is 0 Å². The molecular formula is C26H40O4. The highest BCUT2D eigenvalue weighted by Crippen LogP contribution is 2.64. The van der Waals surface area contributed by atoms with Gasteiger partial charge < -0.3 is 20.1 Å². The lowest BCUT2D eigenvalue weighted by Gasteiger charge is -2.57. The Kier molecular flexibility index (Phi) is 5.63. The normalized spacial score (nSPS) is 43.9. The molecule has 0 heterocycles. The van der Waals surface area contributed by atoms with Crippen LogP contribution in [0.5, 0.6) is 0 Å². The predicted molar refractivity (Wildman–Crippen MR) is 119 cm³/mol. The molecule has 4 heteroatoms.